The molecule has 0 aliphatic heterocycles. The van der Waals surface area contributed by atoms with Gasteiger partial charge >= 0.3 is 0 Å². The summed E-state index contributed by atoms with van der Waals surface area (Å²) in [7, 11) is 1.80. The van der Waals surface area contributed by atoms with Crippen LogP contribution in [0.1, 0.15) is 17.4 Å². The second-order valence-corrected chi connectivity index (χ2v) is 4.57. The van der Waals surface area contributed by atoms with Gasteiger partial charge < -0.3 is 5.73 Å². The predicted molar refractivity (Wildman–Crippen MR) is 68.1 cm³/mol. The fraction of sp³-hybridized carbons (Fsp3) is 0.273. The Morgan fingerprint density at radius 1 is 1.35 bits per heavy atom. The maximum atomic E-state index is 6.09. The van der Waals surface area contributed by atoms with Gasteiger partial charge in [0.05, 0.1) is 6.04 Å². The summed E-state index contributed by atoms with van der Waals surface area (Å²) in [5.74, 6) is 0.709. The van der Waals surface area contributed by atoms with E-state index in [0.29, 0.717) is 22.3 Å². The van der Waals surface area contributed by atoms with Crippen LogP contribution in [0.5, 0.6) is 0 Å². The smallest absolute Gasteiger partial charge is 0.143 e. The minimum absolute atomic E-state index is 0.278. The van der Waals surface area contributed by atoms with Crippen LogP contribution in [0, 0.1) is 0 Å². The molecule has 1 heterocycles. The van der Waals surface area contributed by atoms with Crippen molar-refractivity contribution < 1.29 is 0 Å². The first-order chi connectivity index (χ1) is 8.09. The third-order valence-electron chi connectivity index (χ3n) is 2.56. The highest BCUT2D eigenvalue weighted by Gasteiger charge is 2.16. The van der Waals surface area contributed by atoms with Crippen molar-refractivity contribution in [3.8, 4) is 0 Å². The number of aryl methyl sites for hydroxylation is 1. The molecule has 0 saturated heterocycles. The van der Waals surface area contributed by atoms with Gasteiger partial charge in [-0.15, -0.1) is 0 Å². The standard InChI is InChI=1S/C11H12Cl2N4/c1-17-11(15-6-16-17)10(14)5-7-8(12)3-2-4-9(7)13/h2-4,6,10H,5,14H2,1H3. The van der Waals surface area contributed by atoms with E-state index in [9.17, 15) is 0 Å². The molecule has 0 spiro atoms. The first-order valence-corrected chi connectivity index (χ1v) is 5.87. The molecule has 1 unspecified atom stereocenters. The highest BCUT2D eigenvalue weighted by atomic mass is 35.5. The molecule has 17 heavy (non-hydrogen) atoms. The highest BCUT2D eigenvalue weighted by Crippen LogP contribution is 2.27. The number of nitrogens with two attached hydrogens (primary N) is 1. The molecule has 0 amide bonds. The Kier molecular flexibility index (Phi) is 3.66. The topological polar surface area (TPSA) is 56.7 Å². The Bertz CT molecular complexity index is 504. The van der Waals surface area contributed by atoms with Crippen LogP contribution >= 0.6 is 23.2 Å². The zero-order valence-electron chi connectivity index (χ0n) is 9.27. The van der Waals surface area contributed by atoms with Crippen molar-refractivity contribution in [2.24, 2.45) is 12.8 Å². The molecule has 0 bridgehead atoms. The van der Waals surface area contributed by atoms with Crippen molar-refractivity contribution in [1.29, 1.82) is 0 Å². The van der Waals surface area contributed by atoms with E-state index in [2.05, 4.69) is 10.1 Å². The predicted octanol–water partition coefficient (Wildman–Crippen LogP) is 2.36. The summed E-state index contributed by atoms with van der Waals surface area (Å²) >= 11 is 12.2. The summed E-state index contributed by atoms with van der Waals surface area (Å²) in [6.45, 7) is 0. The maximum absolute atomic E-state index is 6.09. The second-order valence-electron chi connectivity index (χ2n) is 3.75. The van der Waals surface area contributed by atoms with Crippen molar-refractivity contribution in [3.63, 3.8) is 0 Å². The number of benzene rings is 1. The van der Waals surface area contributed by atoms with Crippen molar-refractivity contribution >= 4 is 23.2 Å². The highest BCUT2D eigenvalue weighted by molar-refractivity contribution is 6.35. The van der Waals surface area contributed by atoms with E-state index >= 15 is 0 Å². The number of rotatable bonds is 3. The Labute approximate surface area is 109 Å². The molecule has 0 aliphatic rings. The first kappa shape index (κ1) is 12.4. The molecular formula is C11H12Cl2N4. The van der Waals surface area contributed by atoms with E-state index in [4.69, 9.17) is 28.9 Å². The van der Waals surface area contributed by atoms with Gasteiger partial charge in [0.25, 0.3) is 0 Å². The van der Waals surface area contributed by atoms with Crippen molar-refractivity contribution in [1.82, 2.24) is 14.8 Å². The number of hydrogen-bond donors (Lipinski definition) is 1. The normalized spacial score (nSPS) is 12.7. The van der Waals surface area contributed by atoms with Gasteiger partial charge in [0.1, 0.15) is 12.2 Å². The lowest BCUT2D eigenvalue weighted by Crippen LogP contribution is -2.18. The van der Waals surface area contributed by atoms with Crippen LogP contribution in [0.25, 0.3) is 0 Å². The van der Waals surface area contributed by atoms with Crippen molar-refractivity contribution in [2.75, 3.05) is 0 Å². The molecule has 0 radical (unpaired) electrons. The Balaban J connectivity index is 2.25. The van der Waals surface area contributed by atoms with Crippen molar-refractivity contribution in [3.05, 3.63) is 46.0 Å². The summed E-state index contributed by atoms with van der Waals surface area (Å²) in [5, 5.41) is 5.22. The van der Waals surface area contributed by atoms with Gasteiger partial charge in [0, 0.05) is 17.1 Å². The number of halogens is 2. The average molecular weight is 271 g/mol. The van der Waals surface area contributed by atoms with Crippen LogP contribution < -0.4 is 5.73 Å². The monoisotopic (exact) mass is 270 g/mol. The molecule has 6 heteroatoms. The minimum atomic E-state index is -0.278. The lowest BCUT2D eigenvalue weighted by atomic mass is 10.1. The van der Waals surface area contributed by atoms with E-state index in [1.165, 1.54) is 6.33 Å². The van der Waals surface area contributed by atoms with Crippen LogP contribution in [-0.4, -0.2) is 14.8 Å². The Morgan fingerprint density at radius 3 is 2.53 bits per heavy atom. The van der Waals surface area contributed by atoms with E-state index in [1.54, 1.807) is 23.9 Å². The quantitative estimate of drug-likeness (QED) is 0.932. The molecular weight excluding hydrogens is 259 g/mol. The van der Waals surface area contributed by atoms with Gasteiger partial charge in [-0.25, -0.2) is 4.98 Å². The summed E-state index contributed by atoms with van der Waals surface area (Å²) in [5.41, 5.74) is 6.91. The first-order valence-electron chi connectivity index (χ1n) is 5.12. The molecule has 4 nitrogen and oxygen atoms in total. The summed E-state index contributed by atoms with van der Waals surface area (Å²) in [6.07, 6.45) is 2.01. The van der Waals surface area contributed by atoms with Gasteiger partial charge in [-0.3, -0.25) is 4.68 Å². The molecule has 2 N–H and O–H groups in total. The molecule has 1 aromatic carbocycles. The van der Waals surface area contributed by atoms with Gasteiger partial charge in [0.15, 0.2) is 0 Å². The zero-order chi connectivity index (χ0) is 12.4. The second kappa shape index (κ2) is 5.04. The van der Waals surface area contributed by atoms with Gasteiger partial charge in [-0.2, -0.15) is 5.10 Å². The molecule has 0 saturated carbocycles. The van der Waals surface area contributed by atoms with Crippen LogP contribution in [0.15, 0.2) is 24.5 Å². The minimum Gasteiger partial charge on any atom is -0.321 e. The van der Waals surface area contributed by atoms with Crippen molar-refractivity contribution in [2.45, 2.75) is 12.5 Å². The SMILES string of the molecule is Cn1ncnc1C(N)Cc1c(Cl)cccc1Cl. The molecule has 0 fully saturated rings. The van der Waals surface area contributed by atoms with Gasteiger partial charge in [-0.1, -0.05) is 29.3 Å². The third-order valence-corrected chi connectivity index (χ3v) is 3.27. The lowest BCUT2D eigenvalue weighted by Gasteiger charge is -2.13. The molecule has 2 aromatic rings. The number of hydrogen-bond acceptors (Lipinski definition) is 3. The van der Waals surface area contributed by atoms with Crippen LogP contribution in [0.2, 0.25) is 10.0 Å². The fourth-order valence-electron chi connectivity index (χ4n) is 1.68. The number of nitrogens with zero attached hydrogens (tertiary/aromatic N) is 3. The van der Waals surface area contributed by atoms with E-state index in [1.807, 2.05) is 6.07 Å². The Hall–Kier alpha value is -1.10. The summed E-state index contributed by atoms with van der Waals surface area (Å²) < 4.78 is 1.65. The zero-order valence-corrected chi connectivity index (χ0v) is 10.8. The van der Waals surface area contributed by atoms with E-state index < -0.39 is 0 Å². The van der Waals surface area contributed by atoms with Crippen LogP contribution in [0.3, 0.4) is 0 Å². The van der Waals surface area contributed by atoms with E-state index in [0.717, 1.165) is 5.56 Å². The molecule has 0 aliphatic carbocycles. The molecule has 1 aromatic heterocycles. The fourth-order valence-corrected chi connectivity index (χ4v) is 2.23. The Morgan fingerprint density at radius 2 is 2.00 bits per heavy atom. The third kappa shape index (κ3) is 2.60. The van der Waals surface area contributed by atoms with E-state index in [-0.39, 0.29) is 6.04 Å². The molecule has 2 rings (SSSR count). The summed E-state index contributed by atoms with van der Waals surface area (Å²) in [4.78, 5) is 4.11. The van der Waals surface area contributed by atoms with Crippen LogP contribution in [0.4, 0.5) is 0 Å². The van der Waals surface area contributed by atoms with Gasteiger partial charge in [0.2, 0.25) is 0 Å². The number of aromatic nitrogens is 3. The van der Waals surface area contributed by atoms with Gasteiger partial charge in [-0.05, 0) is 24.1 Å². The largest absolute Gasteiger partial charge is 0.321 e. The molecule has 1 atom stereocenters. The maximum Gasteiger partial charge on any atom is 0.143 e. The lowest BCUT2D eigenvalue weighted by molar-refractivity contribution is 0.601. The average Bonchev–Trinajstić information content (AvgIpc) is 2.70. The van der Waals surface area contributed by atoms with Crippen LogP contribution in [-0.2, 0) is 13.5 Å². The summed E-state index contributed by atoms with van der Waals surface area (Å²) in [6, 6.07) is 5.13. The molecule has 90 valence electrons.